The highest BCUT2D eigenvalue weighted by atomic mass is 16.7. The molecule has 3 aliphatic heterocycles. The molecule has 5 nitrogen and oxygen atoms in total. The number of ether oxygens (including phenoxy) is 2. The number of fused-ring (bicyclic) bond motifs is 4. The number of nitrogens with zero attached hydrogens (tertiary/aromatic N) is 1. The summed E-state index contributed by atoms with van der Waals surface area (Å²) in [4.78, 5) is 14.5. The van der Waals surface area contributed by atoms with Crippen molar-refractivity contribution in [2.45, 2.75) is 31.8 Å². The molecule has 4 rings (SSSR count). The van der Waals surface area contributed by atoms with Crippen molar-refractivity contribution in [1.82, 2.24) is 10.2 Å². The van der Waals surface area contributed by atoms with E-state index in [1.807, 2.05) is 6.07 Å². The number of rotatable bonds is 2. The molecule has 21 heavy (non-hydrogen) atoms. The minimum atomic E-state index is 0.145. The lowest BCUT2D eigenvalue weighted by Crippen LogP contribution is -2.38. The lowest BCUT2D eigenvalue weighted by Gasteiger charge is -2.27. The number of hydrogen-bond donors (Lipinski definition) is 1. The van der Waals surface area contributed by atoms with Crippen LogP contribution in [0.3, 0.4) is 0 Å². The van der Waals surface area contributed by atoms with Crippen LogP contribution in [-0.4, -0.2) is 36.7 Å². The van der Waals surface area contributed by atoms with Crippen molar-refractivity contribution >= 4 is 5.91 Å². The lowest BCUT2D eigenvalue weighted by atomic mass is 9.99. The van der Waals surface area contributed by atoms with Gasteiger partial charge in [-0.1, -0.05) is 12.5 Å². The Morgan fingerprint density at radius 2 is 2.10 bits per heavy atom. The van der Waals surface area contributed by atoms with E-state index in [0.717, 1.165) is 50.4 Å². The third-order valence-electron chi connectivity index (χ3n) is 4.62. The van der Waals surface area contributed by atoms with E-state index in [0.29, 0.717) is 12.8 Å². The summed E-state index contributed by atoms with van der Waals surface area (Å²) in [5.41, 5.74) is 1.21. The minimum Gasteiger partial charge on any atom is -0.454 e. The summed E-state index contributed by atoms with van der Waals surface area (Å²) < 4.78 is 10.8. The van der Waals surface area contributed by atoms with Gasteiger partial charge in [0.15, 0.2) is 11.5 Å². The van der Waals surface area contributed by atoms with E-state index in [9.17, 15) is 4.79 Å². The Bertz CT molecular complexity index is 560. The summed E-state index contributed by atoms with van der Waals surface area (Å²) in [6, 6.07) is 6.42. The minimum absolute atomic E-state index is 0.145. The lowest BCUT2D eigenvalue weighted by molar-refractivity contribution is -0.124. The highest BCUT2D eigenvalue weighted by molar-refractivity contribution is 5.79. The van der Waals surface area contributed by atoms with Gasteiger partial charge in [-0.2, -0.15) is 0 Å². The Morgan fingerprint density at radius 1 is 1.19 bits per heavy atom. The first-order chi connectivity index (χ1) is 10.3. The topological polar surface area (TPSA) is 50.8 Å². The fourth-order valence-corrected chi connectivity index (χ4v) is 3.57. The van der Waals surface area contributed by atoms with E-state index in [-0.39, 0.29) is 11.8 Å². The normalized spacial score (nSPS) is 28.1. The molecule has 5 heteroatoms. The number of likely N-dealkylation sites (tertiary alicyclic amines) is 1. The summed E-state index contributed by atoms with van der Waals surface area (Å²) in [5, 5.41) is 3.17. The fraction of sp³-hybridized carbons (Fsp3) is 0.562. The van der Waals surface area contributed by atoms with Crippen molar-refractivity contribution < 1.29 is 14.3 Å². The zero-order valence-corrected chi connectivity index (χ0v) is 12.0. The molecular formula is C16H20N2O3. The molecule has 3 heterocycles. The summed E-state index contributed by atoms with van der Waals surface area (Å²) in [6.45, 7) is 2.97. The van der Waals surface area contributed by atoms with Gasteiger partial charge in [0, 0.05) is 25.7 Å². The van der Waals surface area contributed by atoms with Crippen molar-refractivity contribution in [3.63, 3.8) is 0 Å². The standard InChI is InChI=1S/C16H20N2O3/c19-16-12-2-1-3-13(17-16)9-18(8-12)7-11-4-5-14-15(6-11)21-10-20-14/h4-6,12-13H,1-3,7-10H2,(H,17,19). The van der Waals surface area contributed by atoms with E-state index in [2.05, 4.69) is 22.3 Å². The van der Waals surface area contributed by atoms with Crippen LogP contribution in [0.5, 0.6) is 11.5 Å². The van der Waals surface area contributed by atoms with Crippen LogP contribution in [0, 0.1) is 5.92 Å². The summed E-state index contributed by atoms with van der Waals surface area (Å²) >= 11 is 0. The first kappa shape index (κ1) is 13.0. The summed E-state index contributed by atoms with van der Waals surface area (Å²) in [5.74, 6) is 2.04. The number of hydrogen-bond acceptors (Lipinski definition) is 4. The molecule has 2 saturated heterocycles. The maximum absolute atomic E-state index is 12.1. The monoisotopic (exact) mass is 288 g/mol. The second kappa shape index (κ2) is 5.22. The van der Waals surface area contributed by atoms with E-state index in [1.165, 1.54) is 5.56 Å². The Kier molecular flexibility index (Phi) is 3.22. The summed E-state index contributed by atoms with van der Waals surface area (Å²) in [7, 11) is 0. The molecule has 2 atom stereocenters. The SMILES string of the molecule is O=C1NC2CCCC1CN(Cc1ccc3c(c1)OCO3)C2. The van der Waals surface area contributed by atoms with Gasteiger partial charge in [0.05, 0.1) is 5.92 Å². The third-order valence-corrected chi connectivity index (χ3v) is 4.62. The first-order valence-corrected chi connectivity index (χ1v) is 7.69. The van der Waals surface area contributed by atoms with Crippen LogP contribution >= 0.6 is 0 Å². The molecule has 1 aromatic carbocycles. The van der Waals surface area contributed by atoms with Crippen molar-refractivity contribution in [3.05, 3.63) is 23.8 Å². The molecule has 1 amide bonds. The fourth-order valence-electron chi connectivity index (χ4n) is 3.57. The van der Waals surface area contributed by atoms with E-state index < -0.39 is 0 Å². The average molecular weight is 288 g/mol. The number of carbonyl (C=O) groups is 1. The molecule has 2 fully saturated rings. The molecule has 0 aliphatic carbocycles. The molecule has 0 aromatic heterocycles. The molecule has 0 spiro atoms. The Labute approximate surface area is 124 Å². The predicted octanol–water partition coefficient (Wildman–Crippen LogP) is 1.52. The van der Waals surface area contributed by atoms with Crippen LogP contribution < -0.4 is 14.8 Å². The zero-order valence-electron chi connectivity index (χ0n) is 12.0. The molecule has 2 unspecified atom stereocenters. The molecule has 1 aromatic rings. The van der Waals surface area contributed by atoms with Crippen LogP contribution in [0.4, 0.5) is 0 Å². The maximum Gasteiger partial charge on any atom is 0.231 e. The van der Waals surface area contributed by atoms with Crippen molar-refractivity contribution in [2.75, 3.05) is 19.9 Å². The molecule has 112 valence electrons. The number of nitrogens with one attached hydrogen (secondary N) is 1. The van der Waals surface area contributed by atoms with Crippen molar-refractivity contribution in [1.29, 1.82) is 0 Å². The van der Waals surface area contributed by atoms with Gasteiger partial charge in [0.25, 0.3) is 0 Å². The average Bonchev–Trinajstić information content (AvgIpc) is 2.77. The molecule has 0 saturated carbocycles. The van der Waals surface area contributed by atoms with Crippen molar-refractivity contribution in [2.24, 2.45) is 5.92 Å². The van der Waals surface area contributed by atoms with Gasteiger partial charge in [-0.05, 0) is 30.5 Å². The van der Waals surface area contributed by atoms with Gasteiger partial charge in [-0.15, -0.1) is 0 Å². The Morgan fingerprint density at radius 3 is 3.05 bits per heavy atom. The molecular weight excluding hydrogens is 268 g/mol. The molecule has 1 N–H and O–H groups in total. The molecule has 2 bridgehead atoms. The number of benzene rings is 1. The first-order valence-electron chi connectivity index (χ1n) is 7.69. The predicted molar refractivity (Wildman–Crippen MR) is 77.1 cm³/mol. The number of carbonyl (C=O) groups excluding carboxylic acids is 1. The largest absolute Gasteiger partial charge is 0.454 e. The number of amides is 1. The van der Waals surface area contributed by atoms with Gasteiger partial charge in [0.1, 0.15) is 0 Å². The third kappa shape index (κ3) is 2.58. The van der Waals surface area contributed by atoms with Crippen LogP contribution in [-0.2, 0) is 11.3 Å². The second-order valence-electron chi connectivity index (χ2n) is 6.22. The van der Waals surface area contributed by atoms with Crippen molar-refractivity contribution in [3.8, 4) is 11.5 Å². The van der Waals surface area contributed by atoms with Gasteiger partial charge in [0.2, 0.25) is 12.7 Å². The van der Waals surface area contributed by atoms with Gasteiger partial charge in [-0.25, -0.2) is 0 Å². The Balaban J connectivity index is 1.50. The van der Waals surface area contributed by atoms with Crippen LogP contribution in [0.2, 0.25) is 0 Å². The second-order valence-corrected chi connectivity index (χ2v) is 6.22. The molecule has 3 aliphatic rings. The van der Waals surface area contributed by atoms with E-state index in [1.54, 1.807) is 0 Å². The molecule has 0 radical (unpaired) electrons. The van der Waals surface area contributed by atoms with Gasteiger partial charge in [-0.3, -0.25) is 9.69 Å². The highest BCUT2D eigenvalue weighted by Gasteiger charge is 2.32. The van der Waals surface area contributed by atoms with Crippen LogP contribution in [0.1, 0.15) is 24.8 Å². The van der Waals surface area contributed by atoms with E-state index >= 15 is 0 Å². The maximum atomic E-state index is 12.1. The quantitative estimate of drug-likeness (QED) is 0.896. The smallest absolute Gasteiger partial charge is 0.231 e. The van der Waals surface area contributed by atoms with Crippen LogP contribution in [0.25, 0.3) is 0 Å². The van der Waals surface area contributed by atoms with E-state index in [4.69, 9.17) is 9.47 Å². The highest BCUT2D eigenvalue weighted by Crippen LogP contribution is 2.33. The van der Waals surface area contributed by atoms with Gasteiger partial charge >= 0.3 is 0 Å². The zero-order chi connectivity index (χ0) is 14.2. The van der Waals surface area contributed by atoms with Crippen LogP contribution in [0.15, 0.2) is 18.2 Å². The summed E-state index contributed by atoms with van der Waals surface area (Å²) in [6.07, 6.45) is 3.27. The van der Waals surface area contributed by atoms with Gasteiger partial charge < -0.3 is 14.8 Å². The Hall–Kier alpha value is -1.75.